The highest BCUT2D eigenvalue weighted by atomic mass is 35.5. The van der Waals surface area contributed by atoms with Gasteiger partial charge >= 0.3 is 12.1 Å². The Labute approximate surface area is 97.3 Å². The van der Waals surface area contributed by atoms with Gasteiger partial charge in [0.1, 0.15) is 0 Å². The average Bonchev–Trinajstić information content (AvgIpc) is 2.28. The van der Waals surface area contributed by atoms with Crippen LogP contribution in [-0.2, 0) is 9.47 Å². The zero-order chi connectivity index (χ0) is 12.1. The first kappa shape index (κ1) is 12.3. The third-order valence-electron chi connectivity index (χ3n) is 1.81. The molecule has 0 aliphatic carbocycles. The fourth-order valence-electron chi connectivity index (χ4n) is 1.04. The first-order valence-corrected chi connectivity index (χ1v) is 4.69. The van der Waals surface area contributed by atoms with Crippen LogP contribution in [0.1, 0.15) is 10.4 Å². The van der Waals surface area contributed by atoms with E-state index in [-0.39, 0.29) is 10.6 Å². The van der Waals surface area contributed by atoms with Gasteiger partial charge in [0.25, 0.3) is 0 Å². The summed E-state index contributed by atoms with van der Waals surface area (Å²) in [7, 11) is 2.51. The summed E-state index contributed by atoms with van der Waals surface area (Å²) >= 11 is 5.84. The molecule has 16 heavy (non-hydrogen) atoms. The van der Waals surface area contributed by atoms with Crippen molar-refractivity contribution in [3.63, 3.8) is 0 Å². The highest BCUT2D eigenvalue weighted by molar-refractivity contribution is 6.33. The van der Waals surface area contributed by atoms with Crippen LogP contribution in [0, 0.1) is 0 Å². The standard InChI is InChI=1S/C10H10ClNO4/c1-15-9(13)7-4-3-6(5-8(7)11)12-10(14)16-2/h3-5H,1-2H3,(H,12,14). The highest BCUT2D eigenvalue weighted by Crippen LogP contribution is 2.21. The second kappa shape index (κ2) is 5.37. The number of amides is 1. The minimum absolute atomic E-state index is 0.195. The van der Waals surface area contributed by atoms with Crippen molar-refractivity contribution in [2.45, 2.75) is 0 Å². The topological polar surface area (TPSA) is 64.6 Å². The van der Waals surface area contributed by atoms with Crippen LogP contribution in [0.2, 0.25) is 5.02 Å². The van der Waals surface area contributed by atoms with E-state index in [1.54, 1.807) is 0 Å². The third-order valence-corrected chi connectivity index (χ3v) is 2.12. The van der Waals surface area contributed by atoms with Crippen LogP contribution < -0.4 is 5.32 Å². The van der Waals surface area contributed by atoms with Crippen LogP contribution in [0.25, 0.3) is 0 Å². The SMILES string of the molecule is COC(=O)Nc1ccc(C(=O)OC)c(Cl)c1. The Bertz CT molecular complexity index is 419. The molecule has 6 heteroatoms. The molecule has 0 unspecified atom stereocenters. The zero-order valence-electron chi connectivity index (χ0n) is 8.74. The minimum Gasteiger partial charge on any atom is -0.465 e. The molecule has 1 rings (SSSR count). The first-order chi connectivity index (χ1) is 7.58. The monoisotopic (exact) mass is 243 g/mol. The Morgan fingerprint density at radius 3 is 2.44 bits per heavy atom. The molecule has 0 saturated heterocycles. The number of ether oxygens (including phenoxy) is 2. The number of nitrogens with one attached hydrogen (secondary N) is 1. The van der Waals surface area contributed by atoms with Gasteiger partial charge in [0, 0.05) is 5.69 Å². The third kappa shape index (κ3) is 2.87. The molecule has 0 bridgehead atoms. The van der Waals surface area contributed by atoms with Crippen molar-refractivity contribution < 1.29 is 19.1 Å². The summed E-state index contributed by atoms with van der Waals surface area (Å²) in [5.74, 6) is -0.533. The molecule has 0 spiro atoms. The molecule has 1 aromatic carbocycles. The number of benzene rings is 1. The van der Waals surface area contributed by atoms with Crippen molar-refractivity contribution >= 4 is 29.4 Å². The normalized spacial score (nSPS) is 9.44. The number of hydrogen-bond acceptors (Lipinski definition) is 4. The summed E-state index contributed by atoms with van der Waals surface area (Å²) in [6, 6.07) is 4.42. The second-order valence-corrected chi connectivity index (χ2v) is 3.21. The molecule has 0 radical (unpaired) electrons. The molecule has 1 aromatic rings. The lowest BCUT2D eigenvalue weighted by molar-refractivity contribution is 0.0601. The minimum atomic E-state index is -0.609. The molecule has 0 aromatic heterocycles. The first-order valence-electron chi connectivity index (χ1n) is 4.31. The lowest BCUT2D eigenvalue weighted by Gasteiger charge is -2.06. The summed E-state index contributed by atoms with van der Waals surface area (Å²) in [6.45, 7) is 0. The van der Waals surface area contributed by atoms with E-state index in [1.165, 1.54) is 32.4 Å². The number of carbonyl (C=O) groups is 2. The Balaban J connectivity index is 2.91. The molecule has 1 amide bonds. The van der Waals surface area contributed by atoms with E-state index in [9.17, 15) is 9.59 Å². The van der Waals surface area contributed by atoms with Gasteiger partial charge in [0.2, 0.25) is 0 Å². The van der Waals surface area contributed by atoms with Gasteiger partial charge in [-0.05, 0) is 18.2 Å². The fraction of sp³-hybridized carbons (Fsp3) is 0.200. The van der Waals surface area contributed by atoms with Crippen LogP contribution in [0.5, 0.6) is 0 Å². The maximum atomic E-state index is 11.2. The Kier molecular flexibility index (Phi) is 4.13. The van der Waals surface area contributed by atoms with Gasteiger partial charge in [-0.3, -0.25) is 5.32 Å². The lowest BCUT2D eigenvalue weighted by Crippen LogP contribution is -2.11. The predicted octanol–water partition coefficient (Wildman–Crippen LogP) is 2.30. The summed E-state index contributed by atoms with van der Waals surface area (Å²) in [5, 5.41) is 2.61. The van der Waals surface area contributed by atoms with Gasteiger partial charge < -0.3 is 9.47 Å². The lowest BCUT2D eigenvalue weighted by atomic mass is 10.2. The van der Waals surface area contributed by atoms with Crippen molar-refractivity contribution in [2.75, 3.05) is 19.5 Å². The van der Waals surface area contributed by atoms with Crippen molar-refractivity contribution in [2.24, 2.45) is 0 Å². The van der Waals surface area contributed by atoms with E-state index in [4.69, 9.17) is 11.6 Å². The van der Waals surface area contributed by atoms with Gasteiger partial charge in [-0.25, -0.2) is 9.59 Å². The van der Waals surface area contributed by atoms with E-state index >= 15 is 0 Å². The molecule has 86 valence electrons. The predicted molar refractivity (Wildman–Crippen MR) is 58.8 cm³/mol. The molecule has 0 heterocycles. The maximum absolute atomic E-state index is 11.2. The van der Waals surface area contributed by atoms with Gasteiger partial charge in [0.15, 0.2) is 0 Å². The smallest absolute Gasteiger partial charge is 0.411 e. The Morgan fingerprint density at radius 2 is 1.94 bits per heavy atom. The van der Waals surface area contributed by atoms with Gasteiger partial charge in [-0.2, -0.15) is 0 Å². The van der Waals surface area contributed by atoms with Gasteiger partial charge in [-0.1, -0.05) is 11.6 Å². The number of esters is 1. The molecule has 0 saturated carbocycles. The molecule has 0 aliphatic heterocycles. The molecular formula is C10H10ClNO4. The van der Waals surface area contributed by atoms with Crippen LogP contribution in [-0.4, -0.2) is 26.3 Å². The number of hydrogen-bond donors (Lipinski definition) is 1. The fourth-order valence-corrected chi connectivity index (χ4v) is 1.29. The zero-order valence-corrected chi connectivity index (χ0v) is 9.50. The van der Waals surface area contributed by atoms with Crippen LogP contribution in [0.4, 0.5) is 10.5 Å². The van der Waals surface area contributed by atoms with Gasteiger partial charge in [-0.15, -0.1) is 0 Å². The van der Waals surface area contributed by atoms with Crippen LogP contribution >= 0.6 is 11.6 Å². The molecule has 0 atom stereocenters. The summed E-state index contributed by atoms with van der Waals surface area (Å²) in [6.07, 6.45) is -0.609. The number of rotatable bonds is 2. The molecule has 0 aliphatic rings. The Hall–Kier alpha value is -1.75. The number of carbonyl (C=O) groups excluding carboxylic acids is 2. The quantitative estimate of drug-likeness (QED) is 0.810. The van der Waals surface area contributed by atoms with E-state index < -0.39 is 12.1 Å². The summed E-state index contributed by atoms with van der Waals surface area (Å²) in [4.78, 5) is 22.1. The molecule has 0 fully saturated rings. The van der Waals surface area contributed by atoms with Gasteiger partial charge in [0.05, 0.1) is 24.8 Å². The molecule has 1 N–H and O–H groups in total. The number of methoxy groups -OCH3 is 2. The van der Waals surface area contributed by atoms with E-state index in [1.807, 2.05) is 0 Å². The largest absolute Gasteiger partial charge is 0.465 e. The van der Waals surface area contributed by atoms with E-state index in [2.05, 4.69) is 14.8 Å². The summed E-state index contributed by atoms with van der Waals surface area (Å²) in [5.41, 5.74) is 0.670. The highest BCUT2D eigenvalue weighted by Gasteiger charge is 2.11. The maximum Gasteiger partial charge on any atom is 0.411 e. The van der Waals surface area contributed by atoms with Crippen molar-refractivity contribution in [1.82, 2.24) is 0 Å². The summed E-state index contributed by atoms with van der Waals surface area (Å²) < 4.78 is 8.93. The van der Waals surface area contributed by atoms with E-state index in [0.29, 0.717) is 5.69 Å². The van der Waals surface area contributed by atoms with E-state index in [0.717, 1.165) is 0 Å². The number of halogens is 1. The van der Waals surface area contributed by atoms with Crippen LogP contribution in [0.3, 0.4) is 0 Å². The Morgan fingerprint density at radius 1 is 1.25 bits per heavy atom. The molecule has 5 nitrogen and oxygen atoms in total. The van der Waals surface area contributed by atoms with Crippen molar-refractivity contribution in [3.8, 4) is 0 Å². The average molecular weight is 244 g/mol. The van der Waals surface area contributed by atoms with Crippen molar-refractivity contribution in [3.05, 3.63) is 28.8 Å². The van der Waals surface area contributed by atoms with Crippen molar-refractivity contribution in [1.29, 1.82) is 0 Å². The number of anilines is 1. The second-order valence-electron chi connectivity index (χ2n) is 2.80. The molecular weight excluding hydrogens is 234 g/mol. The van der Waals surface area contributed by atoms with Crippen LogP contribution in [0.15, 0.2) is 18.2 Å².